The highest BCUT2D eigenvalue weighted by Crippen LogP contribution is 2.35. The summed E-state index contributed by atoms with van der Waals surface area (Å²) >= 11 is 0. The summed E-state index contributed by atoms with van der Waals surface area (Å²) in [6.07, 6.45) is 0. The summed E-state index contributed by atoms with van der Waals surface area (Å²) in [7, 11) is 0. The number of rotatable bonds is 0. The lowest BCUT2D eigenvalue weighted by Gasteiger charge is -2.03. The van der Waals surface area contributed by atoms with Crippen molar-refractivity contribution in [1.82, 2.24) is 9.97 Å². The molecule has 1 aromatic heterocycles. The Kier molecular flexibility index (Phi) is 1.59. The van der Waals surface area contributed by atoms with Gasteiger partial charge in [-0.05, 0) is 19.9 Å². The Morgan fingerprint density at radius 1 is 1.07 bits per heavy atom. The maximum absolute atomic E-state index is 5.31. The molecule has 2 heterocycles. The Balaban J connectivity index is 2.38. The minimum atomic E-state index is 0.289. The molecule has 1 aliphatic rings. The first-order valence-electron chi connectivity index (χ1n) is 4.78. The molecule has 76 valence electrons. The lowest BCUT2D eigenvalue weighted by atomic mass is 10.1. The number of benzene rings is 1. The Morgan fingerprint density at radius 3 is 2.60 bits per heavy atom. The fraction of sp³-hybridized carbons (Fsp3) is 0.273. The first-order valence-corrected chi connectivity index (χ1v) is 4.78. The van der Waals surface area contributed by atoms with Crippen molar-refractivity contribution in [3.63, 3.8) is 0 Å². The molecule has 0 unspecified atom stereocenters. The predicted molar refractivity (Wildman–Crippen MR) is 55.1 cm³/mol. The number of nitrogens with zero attached hydrogens (tertiary/aromatic N) is 2. The number of aryl methyl sites for hydroxylation is 2. The first kappa shape index (κ1) is 8.47. The molecule has 1 aliphatic heterocycles. The SMILES string of the molecule is Cc1nc(C)c2cc3c(cc2n1)OCO3. The van der Waals surface area contributed by atoms with Crippen LogP contribution in [0.4, 0.5) is 0 Å². The molecule has 0 bridgehead atoms. The molecule has 15 heavy (non-hydrogen) atoms. The van der Waals surface area contributed by atoms with Gasteiger partial charge in [0.25, 0.3) is 0 Å². The van der Waals surface area contributed by atoms with Crippen molar-refractivity contribution in [1.29, 1.82) is 0 Å². The van der Waals surface area contributed by atoms with Crippen LogP contribution in [0, 0.1) is 13.8 Å². The molecule has 0 aliphatic carbocycles. The summed E-state index contributed by atoms with van der Waals surface area (Å²) in [6, 6.07) is 3.84. The van der Waals surface area contributed by atoms with Crippen molar-refractivity contribution in [3.05, 3.63) is 23.7 Å². The molecule has 3 rings (SSSR count). The fourth-order valence-electron chi connectivity index (χ4n) is 1.82. The van der Waals surface area contributed by atoms with E-state index in [1.54, 1.807) is 0 Å². The van der Waals surface area contributed by atoms with E-state index in [2.05, 4.69) is 9.97 Å². The predicted octanol–water partition coefficient (Wildman–Crippen LogP) is 1.98. The number of hydrogen-bond acceptors (Lipinski definition) is 4. The van der Waals surface area contributed by atoms with Crippen LogP contribution in [0.1, 0.15) is 11.5 Å². The van der Waals surface area contributed by atoms with Gasteiger partial charge in [-0.1, -0.05) is 0 Å². The minimum absolute atomic E-state index is 0.289. The average molecular weight is 202 g/mol. The van der Waals surface area contributed by atoms with E-state index in [9.17, 15) is 0 Å². The highest BCUT2D eigenvalue weighted by molar-refractivity contribution is 5.84. The van der Waals surface area contributed by atoms with Gasteiger partial charge in [0.2, 0.25) is 6.79 Å². The summed E-state index contributed by atoms with van der Waals surface area (Å²) < 4.78 is 10.6. The molecule has 0 radical (unpaired) electrons. The van der Waals surface area contributed by atoms with Crippen LogP contribution in [0.25, 0.3) is 10.9 Å². The van der Waals surface area contributed by atoms with Crippen LogP contribution in [-0.2, 0) is 0 Å². The third-order valence-electron chi connectivity index (χ3n) is 2.49. The Bertz CT molecular complexity index is 552. The molecule has 4 heteroatoms. The summed E-state index contributed by atoms with van der Waals surface area (Å²) in [5, 5.41) is 1.02. The lowest BCUT2D eigenvalue weighted by molar-refractivity contribution is 0.174. The van der Waals surface area contributed by atoms with E-state index >= 15 is 0 Å². The second-order valence-electron chi connectivity index (χ2n) is 3.58. The van der Waals surface area contributed by atoms with Crippen LogP contribution in [0.15, 0.2) is 12.1 Å². The molecule has 2 aromatic rings. The van der Waals surface area contributed by atoms with E-state index in [1.807, 2.05) is 26.0 Å². The molecule has 0 amide bonds. The van der Waals surface area contributed by atoms with Gasteiger partial charge < -0.3 is 9.47 Å². The molecule has 0 saturated carbocycles. The number of ether oxygens (including phenoxy) is 2. The first-order chi connectivity index (χ1) is 7.24. The van der Waals surface area contributed by atoms with Crippen LogP contribution in [0.5, 0.6) is 11.5 Å². The quantitative estimate of drug-likeness (QED) is 0.655. The second-order valence-corrected chi connectivity index (χ2v) is 3.58. The fourth-order valence-corrected chi connectivity index (χ4v) is 1.82. The number of fused-ring (bicyclic) bond motifs is 2. The second kappa shape index (κ2) is 2.82. The molecule has 0 N–H and O–H groups in total. The Labute approximate surface area is 86.9 Å². The molecule has 4 nitrogen and oxygen atoms in total. The smallest absolute Gasteiger partial charge is 0.231 e. The van der Waals surface area contributed by atoms with E-state index in [1.165, 1.54) is 0 Å². The molecular weight excluding hydrogens is 192 g/mol. The third kappa shape index (κ3) is 1.21. The van der Waals surface area contributed by atoms with E-state index in [0.717, 1.165) is 33.9 Å². The van der Waals surface area contributed by atoms with Crippen LogP contribution in [0.3, 0.4) is 0 Å². The van der Waals surface area contributed by atoms with Gasteiger partial charge in [-0.15, -0.1) is 0 Å². The third-order valence-corrected chi connectivity index (χ3v) is 2.49. The van der Waals surface area contributed by atoms with Crippen LogP contribution < -0.4 is 9.47 Å². The van der Waals surface area contributed by atoms with Gasteiger partial charge in [0, 0.05) is 17.1 Å². The van der Waals surface area contributed by atoms with Gasteiger partial charge in [-0.25, -0.2) is 9.97 Å². The topological polar surface area (TPSA) is 44.2 Å². The van der Waals surface area contributed by atoms with Crippen LogP contribution in [0.2, 0.25) is 0 Å². The standard InChI is InChI=1S/C11H10N2O2/c1-6-8-3-10-11(15-5-14-10)4-9(8)13-7(2)12-6/h3-4H,5H2,1-2H3. The highest BCUT2D eigenvalue weighted by Gasteiger charge is 2.15. The van der Waals surface area contributed by atoms with Gasteiger partial charge in [0.05, 0.1) is 5.52 Å². The van der Waals surface area contributed by atoms with Gasteiger partial charge in [0.15, 0.2) is 11.5 Å². The summed E-state index contributed by atoms with van der Waals surface area (Å²) in [5.74, 6) is 2.32. The van der Waals surface area contributed by atoms with E-state index in [4.69, 9.17) is 9.47 Å². The normalized spacial score (nSPS) is 13.5. The summed E-state index contributed by atoms with van der Waals surface area (Å²) in [6.45, 7) is 4.15. The average Bonchev–Trinajstić information content (AvgIpc) is 2.61. The van der Waals surface area contributed by atoms with Gasteiger partial charge in [0.1, 0.15) is 5.82 Å². The largest absolute Gasteiger partial charge is 0.454 e. The molecule has 0 atom stereocenters. The molecule has 0 saturated heterocycles. The summed E-state index contributed by atoms with van der Waals surface area (Å²) in [5.41, 5.74) is 1.88. The molecule has 1 aromatic carbocycles. The van der Waals surface area contributed by atoms with Gasteiger partial charge >= 0.3 is 0 Å². The zero-order valence-electron chi connectivity index (χ0n) is 8.57. The molecule has 0 spiro atoms. The number of hydrogen-bond donors (Lipinski definition) is 0. The Morgan fingerprint density at radius 2 is 1.80 bits per heavy atom. The highest BCUT2D eigenvalue weighted by atomic mass is 16.7. The van der Waals surface area contributed by atoms with E-state index in [-0.39, 0.29) is 6.79 Å². The lowest BCUT2D eigenvalue weighted by Crippen LogP contribution is -1.92. The van der Waals surface area contributed by atoms with Crippen molar-refractivity contribution in [2.45, 2.75) is 13.8 Å². The van der Waals surface area contributed by atoms with E-state index in [0.29, 0.717) is 0 Å². The molecular formula is C11H10N2O2. The molecule has 0 fully saturated rings. The van der Waals surface area contributed by atoms with Gasteiger partial charge in [-0.2, -0.15) is 0 Å². The Hall–Kier alpha value is -1.84. The maximum Gasteiger partial charge on any atom is 0.231 e. The van der Waals surface area contributed by atoms with Crippen molar-refractivity contribution in [2.75, 3.05) is 6.79 Å². The van der Waals surface area contributed by atoms with Crippen molar-refractivity contribution >= 4 is 10.9 Å². The van der Waals surface area contributed by atoms with Crippen molar-refractivity contribution < 1.29 is 9.47 Å². The minimum Gasteiger partial charge on any atom is -0.454 e. The van der Waals surface area contributed by atoms with Gasteiger partial charge in [-0.3, -0.25) is 0 Å². The summed E-state index contributed by atoms with van der Waals surface area (Å²) in [4.78, 5) is 8.69. The zero-order chi connectivity index (χ0) is 10.4. The van der Waals surface area contributed by atoms with Crippen molar-refractivity contribution in [2.24, 2.45) is 0 Å². The van der Waals surface area contributed by atoms with E-state index < -0.39 is 0 Å². The number of aromatic nitrogens is 2. The van der Waals surface area contributed by atoms with Crippen LogP contribution in [-0.4, -0.2) is 16.8 Å². The maximum atomic E-state index is 5.31. The monoisotopic (exact) mass is 202 g/mol. The van der Waals surface area contributed by atoms with Crippen LogP contribution >= 0.6 is 0 Å². The van der Waals surface area contributed by atoms with Crippen molar-refractivity contribution in [3.8, 4) is 11.5 Å². The zero-order valence-corrected chi connectivity index (χ0v) is 8.57.